The molecule has 0 amide bonds. The Balaban J connectivity index is 4.44. The van der Waals surface area contributed by atoms with Crippen molar-refractivity contribution in [3.8, 4) is 0 Å². The highest BCUT2D eigenvalue weighted by Gasteiger charge is 1.94. The zero-order chi connectivity index (χ0) is 9.02. The maximum atomic E-state index is 8.92. The minimum absolute atomic E-state index is 0.0763. The first-order chi connectivity index (χ1) is 4.95. The van der Waals surface area contributed by atoms with Crippen LogP contribution in [0.1, 0.15) is 13.8 Å². The SMILES string of the molecule is C=C(C)C(=C)/C=C(\C)C(=C)O. The van der Waals surface area contributed by atoms with Gasteiger partial charge < -0.3 is 5.11 Å². The molecule has 1 nitrogen and oxygen atoms in total. The van der Waals surface area contributed by atoms with Crippen LogP contribution >= 0.6 is 0 Å². The Morgan fingerprint density at radius 2 is 1.64 bits per heavy atom. The van der Waals surface area contributed by atoms with Crippen LogP contribution in [0.25, 0.3) is 0 Å². The highest BCUT2D eigenvalue weighted by atomic mass is 16.3. The fourth-order valence-corrected chi connectivity index (χ4v) is 0.468. The molecule has 1 heteroatoms. The van der Waals surface area contributed by atoms with Gasteiger partial charge in [-0.3, -0.25) is 0 Å². The molecule has 0 rings (SSSR count). The summed E-state index contributed by atoms with van der Waals surface area (Å²) in [4.78, 5) is 0. The van der Waals surface area contributed by atoms with E-state index >= 15 is 0 Å². The monoisotopic (exact) mass is 150 g/mol. The maximum absolute atomic E-state index is 8.92. The average molecular weight is 150 g/mol. The number of aliphatic hydroxyl groups is 1. The van der Waals surface area contributed by atoms with E-state index in [9.17, 15) is 0 Å². The van der Waals surface area contributed by atoms with Crippen molar-refractivity contribution in [3.63, 3.8) is 0 Å². The van der Waals surface area contributed by atoms with Gasteiger partial charge in [-0.1, -0.05) is 25.3 Å². The van der Waals surface area contributed by atoms with E-state index in [1.807, 2.05) is 6.92 Å². The Bertz CT molecular complexity index is 231. The minimum Gasteiger partial charge on any atom is -0.508 e. The van der Waals surface area contributed by atoms with E-state index in [4.69, 9.17) is 5.11 Å². The molecule has 0 fully saturated rings. The first-order valence-corrected chi connectivity index (χ1v) is 3.36. The molecule has 0 saturated heterocycles. The summed E-state index contributed by atoms with van der Waals surface area (Å²) in [6.07, 6.45) is 1.75. The standard InChI is InChI=1S/C10H14O/c1-7(2)8(3)6-9(4)10(5)11/h6,11H,1,3,5H2,2,4H3/b9-6+. The topological polar surface area (TPSA) is 20.2 Å². The predicted octanol–water partition coefficient (Wildman–Crippen LogP) is 3.14. The third-order valence-electron chi connectivity index (χ3n) is 1.39. The maximum Gasteiger partial charge on any atom is 0.111 e. The summed E-state index contributed by atoms with van der Waals surface area (Å²) >= 11 is 0. The molecule has 0 aliphatic rings. The molecule has 1 N–H and O–H groups in total. The molecule has 0 aliphatic carbocycles. The number of rotatable bonds is 3. The summed E-state index contributed by atoms with van der Waals surface area (Å²) in [6, 6.07) is 0. The summed E-state index contributed by atoms with van der Waals surface area (Å²) in [5.74, 6) is 0.0763. The van der Waals surface area contributed by atoms with Crippen LogP contribution in [0.5, 0.6) is 0 Å². The molecule has 0 radical (unpaired) electrons. The van der Waals surface area contributed by atoms with Crippen molar-refractivity contribution in [1.29, 1.82) is 0 Å². The van der Waals surface area contributed by atoms with Crippen LogP contribution in [-0.2, 0) is 0 Å². The lowest BCUT2D eigenvalue weighted by Crippen LogP contribution is -1.83. The molecule has 0 unspecified atom stereocenters. The number of aliphatic hydroxyl groups excluding tert-OH is 1. The zero-order valence-electron chi connectivity index (χ0n) is 7.15. The van der Waals surface area contributed by atoms with Crippen LogP contribution in [0.2, 0.25) is 0 Å². The second kappa shape index (κ2) is 3.81. The van der Waals surface area contributed by atoms with E-state index in [2.05, 4.69) is 19.7 Å². The van der Waals surface area contributed by atoms with Crippen LogP contribution < -0.4 is 0 Å². The molecule has 0 aromatic carbocycles. The van der Waals surface area contributed by atoms with Crippen molar-refractivity contribution in [2.45, 2.75) is 13.8 Å². The molecule has 0 atom stereocenters. The summed E-state index contributed by atoms with van der Waals surface area (Å²) in [6.45, 7) is 14.5. The zero-order valence-corrected chi connectivity index (χ0v) is 7.15. The lowest BCUT2D eigenvalue weighted by atomic mass is 10.1. The van der Waals surface area contributed by atoms with Gasteiger partial charge in [-0.2, -0.15) is 0 Å². The lowest BCUT2D eigenvalue weighted by Gasteiger charge is -2.00. The first-order valence-electron chi connectivity index (χ1n) is 3.36. The largest absolute Gasteiger partial charge is 0.508 e. The van der Waals surface area contributed by atoms with Gasteiger partial charge in [0, 0.05) is 0 Å². The van der Waals surface area contributed by atoms with Crippen molar-refractivity contribution in [3.05, 3.63) is 48.3 Å². The summed E-state index contributed by atoms with van der Waals surface area (Å²) < 4.78 is 0. The van der Waals surface area contributed by atoms with Crippen molar-refractivity contribution in [2.75, 3.05) is 0 Å². The molecule has 60 valence electrons. The predicted molar refractivity (Wildman–Crippen MR) is 49.5 cm³/mol. The fraction of sp³-hybridized carbons (Fsp3) is 0.200. The average Bonchev–Trinajstić information content (AvgIpc) is 1.87. The van der Waals surface area contributed by atoms with Gasteiger partial charge >= 0.3 is 0 Å². The highest BCUT2D eigenvalue weighted by molar-refractivity contribution is 5.39. The summed E-state index contributed by atoms with van der Waals surface area (Å²) in [7, 11) is 0. The Morgan fingerprint density at radius 1 is 1.18 bits per heavy atom. The van der Waals surface area contributed by atoms with Crippen molar-refractivity contribution < 1.29 is 5.11 Å². The molecular weight excluding hydrogens is 136 g/mol. The van der Waals surface area contributed by atoms with Crippen LogP contribution in [0.3, 0.4) is 0 Å². The fourth-order valence-electron chi connectivity index (χ4n) is 0.468. The van der Waals surface area contributed by atoms with Crippen LogP contribution in [0.15, 0.2) is 48.3 Å². The van der Waals surface area contributed by atoms with E-state index < -0.39 is 0 Å². The van der Waals surface area contributed by atoms with Crippen LogP contribution in [0, 0.1) is 0 Å². The van der Waals surface area contributed by atoms with Crippen molar-refractivity contribution >= 4 is 0 Å². The number of hydrogen-bond acceptors (Lipinski definition) is 1. The Labute approximate surface area is 68.1 Å². The van der Waals surface area contributed by atoms with Gasteiger partial charge in [0.25, 0.3) is 0 Å². The Morgan fingerprint density at radius 3 is 1.91 bits per heavy atom. The molecule has 0 aromatic rings. The minimum atomic E-state index is 0.0763. The summed E-state index contributed by atoms with van der Waals surface area (Å²) in [5.41, 5.74) is 2.43. The van der Waals surface area contributed by atoms with Gasteiger partial charge in [0.1, 0.15) is 5.76 Å². The molecule has 0 bridgehead atoms. The Kier molecular flexibility index (Phi) is 3.38. The van der Waals surface area contributed by atoms with Gasteiger partial charge in [-0.25, -0.2) is 0 Å². The third-order valence-corrected chi connectivity index (χ3v) is 1.39. The van der Waals surface area contributed by atoms with E-state index in [1.54, 1.807) is 13.0 Å². The summed E-state index contributed by atoms with van der Waals surface area (Å²) in [5, 5.41) is 8.92. The van der Waals surface area contributed by atoms with Crippen molar-refractivity contribution in [1.82, 2.24) is 0 Å². The van der Waals surface area contributed by atoms with Gasteiger partial charge in [0.2, 0.25) is 0 Å². The van der Waals surface area contributed by atoms with Gasteiger partial charge in [0.15, 0.2) is 0 Å². The van der Waals surface area contributed by atoms with Crippen LogP contribution in [0.4, 0.5) is 0 Å². The highest BCUT2D eigenvalue weighted by Crippen LogP contribution is 2.11. The second-order valence-corrected chi connectivity index (χ2v) is 2.58. The van der Waals surface area contributed by atoms with Crippen LogP contribution in [-0.4, -0.2) is 5.11 Å². The molecule has 0 spiro atoms. The molecule has 11 heavy (non-hydrogen) atoms. The normalized spacial score (nSPS) is 10.9. The first kappa shape index (κ1) is 9.76. The van der Waals surface area contributed by atoms with E-state index in [0.717, 1.165) is 16.7 Å². The van der Waals surface area contributed by atoms with E-state index in [-0.39, 0.29) is 5.76 Å². The molecule has 0 aliphatic heterocycles. The smallest absolute Gasteiger partial charge is 0.111 e. The number of hydrogen-bond donors (Lipinski definition) is 1. The molecule has 0 aromatic heterocycles. The number of allylic oxidation sites excluding steroid dienone is 4. The lowest BCUT2D eigenvalue weighted by molar-refractivity contribution is 0.426. The van der Waals surface area contributed by atoms with Gasteiger partial charge in [-0.05, 0) is 31.1 Å². The van der Waals surface area contributed by atoms with E-state index in [0.29, 0.717) is 0 Å². The second-order valence-electron chi connectivity index (χ2n) is 2.58. The molecular formula is C10H14O. The molecule has 0 heterocycles. The Hall–Kier alpha value is -1.24. The van der Waals surface area contributed by atoms with E-state index in [1.165, 1.54) is 0 Å². The van der Waals surface area contributed by atoms with Crippen molar-refractivity contribution in [2.24, 2.45) is 0 Å². The quantitative estimate of drug-likeness (QED) is 0.484. The van der Waals surface area contributed by atoms with Gasteiger partial charge in [-0.15, -0.1) is 0 Å². The third kappa shape index (κ3) is 3.46. The van der Waals surface area contributed by atoms with Gasteiger partial charge in [0.05, 0.1) is 0 Å². The molecule has 0 saturated carbocycles.